The van der Waals surface area contributed by atoms with E-state index in [0.29, 0.717) is 0 Å². The van der Waals surface area contributed by atoms with Gasteiger partial charge in [-0.15, -0.1) is 0 Å². The standard InChI is InChI=1S/C16H21N5O/c1-3-21-16(6-7-18-21)15-10-17-9-14(19-15)13-5-4-8-20(11-13)12(2)22/h6-7,9-10,13H,3-5,8,11H2,1-2H3/t13-/m1/s1. The first kappa shape index (κ1) is 14.7. The summed E-state index contributed by atoms with van der Waals surface area (Å²) < 4.78 is 1.91. The normalized spacial score (nSPS) is 18.5. The molecule has 6 heteroatoms. The van der Waals surface area contributed by atoms with E-state index in [0.717, 1.165) is 49.6 Å². The van der Waals surface area contributed by atoms with Crippen molar-refractivity contribution >= 4 is 5.91 Å². The third-order valence-corrected chi connectivity index (χ3v) is 4.22. The zero-order valence-electron chi connectivity index (χ0n) is 13.1. The highest BCUT2D eigenvalue weighted by Gasteiger charge is 2.24. The average molecular weight is 299 g/mol. The van der Waals surface area contributed by atoms with Gasteiger partial charge in [0, 0.05) is 44.9 Å². The van der Waals surface area contributed by atoms with Crippen molar-refractivity contribution in [1.29, 1.82) is 0 Å². The summed E-state index contributed by atoms with van der Waals surface area (Å²) in [6.07, 6.45) is 7.45. The average Bonchev–Trinajstić information content (AvgIpc) is 3.04. The van der Waals surface area contributed by atoms with Crippen LogP contribution < -0.4 is 0 Å². The Morgan fingerprint density at radius 3 is 3.05 bits per heavy atom. The van der Waals surface area contributed by atoms with E-state index >= 15 is 0 Å². The molecular formula is C16H21N5O. The van der Waals surface area contributed by atoms with Crippen molar-refractivity contribution in [2.24, 2.45) is 0 Å². The number of likely N-dealkylation sites (tertiary alicyclic amines) is 1. The lowest BCUT2D eigenvalue weighted by atomic mass is 9.95. The van der Waals surface area contributed by atoms with Crippen LogP contribution in [0.5, 0.6) is 0 Å². The monoisotopic (exact) mass is 299 g/mol. The lowest BCUT2D eigenvalue weighted by Gasteiger charge is -2.31. The molecule has 3 heterocycles. The van der Waals surface area contributed by atoms with Crippen LogP contribution in [0.4, 0.5) is 0 Å². The number of nitrogens with zero attached hydrogens (tertiary/aromatic N) is 5. The fraction of sp³-hybridized carbons (Fsp3) is 0.500. The van der Waals surface area contributed by atoms with Gasteiger partial charge in [-0.2, -0.15) is 5.10 Å². The van der Waals surface area contributed by atoms with Crippen molar-refractivity contribution in [3.8, 4) is 11.4 Å². The van der Waals surface area contributed by atoms with Crippen molar-refractivity contribution in [1.82, 2.24) is 24.6 Å². The lowest BCUT2D eigenvalue weighted by molar-refractivity contribution is -0.130. The van der Waals surface area contributed by atoms with E-state index in [1.54, 1.807) is 19.3 Å². The zero-order chi connectivity index (χ0) is 15.5. The van der Waals surface area contributed by atoms with E-state index in [9.17, 15) is 4.79 Å². The number of hydrogen-bond donors (Lipinski definition) is 0. The Balaban J connectivity index is 1.86. The molecule has 1 aliphatic heterocycles. The molecule has 22 heavy (non-hydrogen) atoms. The molecule has 0 saturated carbocycles. The number of piperidine rings is 1. The van der Waals surface area contributed by atoms with E-state index in [-0.39, 0.29) is 11.8 Å². The van der Waals surface area contributed by atoms with E-state index in [2.05, 4.69) is 17.0 Å². The molecule has 0 aliphatic carbocycles. The molecule has 2 aromatic rings. The van der Waals surface area contributed by atoms with E-state index in [1.165, 1.54) is 0 Å². The van der Waals surface area contributed by atoms with Crippen LogP contribution in [0.15, 0.2) is 24.7 Å². The van der Waals surface area contributed by atoms with Crippen molar-refractivity contribution < 1.29 is 4.79 Å². The summed E-state index contributed by atoms with van der Waals surface area (Å²) >= 11 is 0. The SMILES string of the molecule is CCn1nccc1-c1cncc([C@@H]2CCCN(C(C)=O)C2)n1. The smallest absolute Gasteiger partial charge is 0.219 e. The molecule has 0 bridgehead atoms. The Labute approximate surface area is 130 Å². The van der Waals surface area contributed by atoms with Gasteiger partial charge in [-0.3, -0.25) is 14.5 Å². The number of amides is 1. The van der Waals surface area contributed by atoms with Gasteiger partial charge in [0.2, 0.25) is 5.91 Å². The van der Waals surface area contributed by atoms with E-state index in [1.807, 2.05) is 21.8 Å². The molecule has 2 aromatic heterocycles. The molecule has 1 amide bonds. The molecule has 0 radical (unpaired) electrons. The third-order valence-electron chi connectivity index (χ3n) is 4.22. The number of carbonyl (C=O) groups is 1. The van der Waals surface area contributed by atoms with Crippen molar-refractivity contribution in [2.45, 2.75) is 39.2 Å². The largest absolute Gasteiger partial charge is 0.342 e. The fourth-order valence-corrected chi connectivity index (χ4v) is 3.01. The summed E-state index contributed by atoms with van der Waals surface area (Å²) in [7, 11) is 0. The second-order valence-electron chi connectivity index (χ2n) is 5.67. The van der Waals surface area contributed by atoms with Gasteiger partial charge in [0.05, 0.1) is 17.6 Å². The minimum atomic E-state index is 0.137. The maximum Gasteiger partial charge on any atom is 0.219 e. The van der Waals surface area contributed by atoms with Gasteiger partial charge in [0.15, 0.2) is 0 Å². The van der Waals surface area contributed by atoms with Gasteiger partial charge in [0.25, 0.3) is 0 Å². The Kier molecular flexibility index (Phi) is 4.18. The molecule has 1 atom stereocenters. The molecule has 1 saturated heterocycles. The minimum Gasteiger partial charge on any atom is -0.342 e. The topological polar surface area (TPSA) is 63.9 Å². The van der Waals surface area contributed by atoms with Gasteiger partial charge in [0.1, 0.15) is 5.69 Å². The Morgan fingerprint density at radius 1 is 1.41 bits per heavy atom. The van der Waals surface area contributed by atoms with Gasteiger partial charge >= 0.3 is 0 Å². The summed E-state index contributed by atoms with van der Waals surface area (Å²) in [6, 6.07) is 1.96. The number of aromatic nitrogens is 4. The first-order chi connectivity index (χ1) is 10.7. The van der Waals surface area contributed by atoms with Gasteiger partial charge in [-0.25, -0.2) is 4.98 Å². The summed E-state index contributed by atoms with van der Waals surface area (Å²) in [5.41, 5.74) is 2.79. The van der Waals surface area contributed by atoms with Gasteiger partial charge in [-0.1, -0.05) is 0 Å². The first-order valence-electron chi connectivity index (χ1n) is 7.78. The number of carbonyl (C=O) groups excluding carboxylic acids is 1. The maximum atomic E-state index is 11.6. The van der Waals surface area contributed by atoms with E-state index in [4.69, 9.17) is 4.98 Å². The third kappa shape index (κ3) is 2.86. The van der Waals surface area contributed by atoms with E-state index < -0.39 is 0 Å². The van der Waals surface area contributed by atoms with Crippen molar-refractivity contribution in [3.05, 3.63) is 30.4 Å². The van der Waals surface area contributed by atoms with Crippen LogP contribution in [-0.4, -0.2) is 43.6 Å². The highest BCUT2D eigenvalue weighted by molar-refractivity contribution is 5.73. The van der Waals surface area contributed by atoms with Gasteiger partial charge < -0.3 is 4.90 Å². The second-order valence-corrected chi connectivity index (χ2v) is 5.67. The highest BCUT2D eigenvalue weighted by Crippen LogP contribution is 2.27. The summed E-state index contributed by atoms with van der Waals surface area (Å²) in [6.45, 7) is 6.07. The molecule has 116 valence electrons. The van der Waals surface area contributed by atoms with Crippen LogP contribution in [0.25, 0.3) is 11.4 Å². The molecule has 1 fully saturated rings. The lowest BCUT2D eigenvalue weighted by Crippen LogP contribution is -2.37. The number of hydrogen-bond acceptors (Lipinski definition) is 4. The zero-order valence-corrected chi connectivity index (χ0v) is 13.1. The van der Waals surface area contributed by atoms with Crippen molar-refractivity contribution in [3.63, 3.8) is 0 Å². The number of aryl methyl sites for hydroxylation is 1. The molecule has 0 aromatic carbocycles. The summed E-state index contributed by atoms with van der Waals surface area (Å²) in [4.78, 5) is 22.6. The minimum absolute atomic E-state index is 0.137. The molecule has 1 aliphatic rings. The molecule has 0 spiro atoms. The maximum absolute atomic E-state index is 11.6. The Morgan fingerprint density at radius 2 is 2.27 bits per heavy atom. The molecule has 3 rings (SSSR count). The molecule has 0 N–H and O–H groups in total. The number of rotatable bonds is 3. The van der Waals surface area contributed by atoms with Crippen LogP contribution in [0.3, 0.4) is 0 Å². The van der Waals surface area contributed by atoms with Crippen LogP contribution in [-0.2, 0) is 11.3 Å². The predicted octanol–water partition coefficient (Wildman–Crippen LogP) is 2.09. The van der Waals surface area contributed by atoms with Crippen LogP contribution in [0.2, 0.25) is 0 Å². The van der Waals surface area contributed by atoms with Crippen molar-refractivity contribution in [2.75, 3.05) is 13.1 Å². The van der Waals surface area contributed by atoms with Crippen LogP contribution >= 0.6 is 0 Å². The first-order valence-corrected chi connectivity index (χ1v) is 7.78. The second kappa shape index (κ2) is 6.25. The Hall–Kier alpha value is -2.24. The summed E-state index contributed by atoms with van der Waals surface area (Å²) in [5, 5.41) is 4.28. The van der Waals surface area contributed by atoms with Crippen LogP contribution in [0.1, 0.15) is 38.3 Å². The van der Waals surface area contributed by atoms with Gasteiger partial charge in [-0.05, 0) is 25.8 Å². The fourth-order valence-electron chi connectivity index (χ4n) is 3.01. The predicted molar refractivity (Wildman–Crippen MR) is 83.2 cm³/mol. The Bertz CT molecular complexity index is 666. The molecule has 6 nitrogen and oxygen atoms in total. The van der Waals surface area contributed by atoms with Crippen LogP contribution in [0, 0.1) is 0 Å². The molecular weight excluding hydrogens is 278 g/mol. The highest BCUT2D eigenvalue weighted by atomic mass is 16.2. The molecule has 0 unspecified atom stereocenters. The summed E-state index contributed by atoms with van der Waals surface area (Å²) in [5.74, 6) is 0.404. The quantitative estimate of drug-likeness (QED) is 0.870.